The second-order valence-corrected chi connectivity index (χ2v) is 6.95. The molecule has 0 bridgehead atoms. The fraction of sp³-hybridized carbons (Fsp3) is 0.727. The maximum absolute atomic E-state index is 11.4. The summed E-state index contributed by atoms with van der Waals surface area (Å²) in [5.74, 6) is 0.954. The van der Waals surface area contributed by atoms with Gasteiger partial charge in [-0.25, -0.2) is 8.42 Å². The molecule has 1 fully saturated rings. The second kappa shape index (κ2) is 4.78. The molecule has 0 aromatic carbocycles. The molecule has 2 heterocycles. The molecule has 1 aliphatic rings. The molecule has 1 N–H and O–H groups in total. The van der Waals surface area contributed by atoms with E-state index < -0.39 is 9.84 Å². The molecule has 2 unspecified atom stereocenters. The third kappa shape index (κ3) is 2.87. The van der Waals surface area contributed by atoms with Crippen LogP contribution in [0, 0.1) is 5.92 Å². The molecule has 96 valence electrons. The smallest absolute Gasteiger partial charge is 0.150 e. The lowest BCUT2D eigenvalue weighted by Gasteiger charge is -2.19. The zero-order chi connectivity index (χ0) is 12.5. The number of rotatable bonds is 4. The number of nitrogens with zero attached hydrogens (tertiary/aromatic N) is 2. The summed E-state index contributed by atoms with van der Waals surface area (Å²) in [7, 11) is 1.03. The minimum atomic E-state index is -2.78. The Balaban J connectivity index is 2.04. The SMILES string of the molecule is CNC(CC1CCS(=O)(=O)C1)c1ccnn1C. The first-order valence-corrected chi connectivity index (χ1v) is 7.69. The molecule has 6 heteroatoms. The van der Waals surface area contributed by atoms with Crippen molar-refractivity contribution in [3.05, 3.63) is 18.0 Å². The van der Waals surface area contributed by atoms with E-state index in [1.165, 1.54) is 0 Å². The summed E-state index contributed by atoms with van der Waals surface area (Å²) >= 11 is 0. The van der Waals surface area contributed by atoms with E-state index in [4.69, 9.17) is 0 Å². The van der Waals surface area contributed by atoms with Gasteiger partial charge in [-0.2, -0.15) is 5.10 Å². The van der Waals surface area contributed by atoms with E-state index in [2.05, 4.69) is 10.4 Å². The fourth-order valence-corrected chi connectivity index (χ4v) is 4.38. The van der Waals surface area contributed by atoms with E-state index in [9.17, 15) is 8.42 Å². The lowest BCUT2D eigenvalue weighted by atomic mass is 9.97. The Hall–Kier alpha value is -0.880. The summed E-state index contributed by atoms with van der Waals surface area (Å²) in [6.45, 7) is 0. The van der Waals surface area contributed by atoms with Crippen LogP contribution in [0.25, 0.3) is 0 Å². The first-order chi connectivity index (χ1) is 8.02. The van der Waals surface area contributed by atoms with Gasteiger partial charge < -0.3 is 5.32 Å². The van der Waals surface area contributed by atoms with Crippen molar-refractivity contribution in [2.75, 3.05) is 18.6 Å². The van der Waals surface area contributed by atoms with Gasteiger partial charge in [0.05, 0.1) is 17.2 Å². The third-order valence-corrected chi connectivity index (χ3v) is 5.30. The molecule has 1 aromatic rings. The van der Waals surface area contributed by atoms with Crippen molar-refractivity contribution in [3.63, 3.8) is 0 Å². The summed E-state index contributed by atoms with van der Waals surface area (Å²) < 4.78 is 24.7. The van der Waals surface area contributed by atoms with Gasteiger partial charge in [-0.15, -0.1) is 0 Å². The van der Waals surface area contributed by atoms with Gasteiger partial charge in [-0.1, -0.05) is 0 Å². The number of nitrogens with one attached hydrogen (secondary N) is 1. The van der Waals surface area contributed by atoms with Gasteiger partial charge in [0.25, 0.3) is 0 Å². The first-order valence-electron chi connectivity index (χ1n) is 5.87. The highest BCUT2D eigenvalue weighted by Gasteiger charge is 2.30. The van der Waals surface area contributed by atoms with Crippen molar-refractivity contribution in [3.8, 4) is 0 Å². The van der Waals surface area contributed by atoms with E-state index in [-0.39, 0.29) is 12.0 Å². The quantitative estimate of drug-likeness (QED) is 0.853. The summed E-state index contributed by atoms with van der Waals surface area (Å²) in [6, 6.07) is 2.16. The molecular formula is C11H19N3O2S. The summed E-state index contributed by atoms with van der Waals surface area (Å²) in [5, 5.41) is 7.39. The molecule has 0 amide bonds. The minimum Gasteiger partial charge on any atom is -0.312 e. The molecule has 0 aliphatic carbocycles. The van der Waals surface area contributed by atoms with E-state index >= 15 is 0 Å². The Morgan fingerprint density at radius 3 is 2.88 bits per heavy atom. The van der Waals surface area contributed by atoms with Gasteiger partial charge in [0.15, 0.2) is 9.84 Å². The standard InChI is InChI=1S/C11H19N3O2S/c1-12-10(11-3-5-13-14(11)2)7-9-4-6-17(15,16)8-9/h3,5,9-10,12H,4,6-8H2,1-2H3. The van der Waals surface area contributed by atoms with Crippen LogP contribution in [0.2, 0.25) is 0 Å². The maximum Gasteiger partial charge on any atom is 0.150 e. The second-order valence-electron chi connectivity index (χ2n) is 4.73. The Kier molecular flexibility index (Phi) is 3.53. The molecular weight excluding hydrogens is 238 g/mol. The maximum atomic E-state index is 11.4. The normalized spacial score (nSPS) is 24.9. The van der Waals surface area contributed by atoms with E-state index in [1.807, 2.05) is 24.8 Å². The first kappa shape index (κ1) is 12.6. The lowest BCUT2D eigenvalue weighted by molar-refractivity contribution is 0.418. The van der Waals surface area contributed by atoms with E-state index in [0.717, 1.165) is 18.5 Å². The van der Waals surface area contributed by atoms with Crippen LogP contribution in [-0.4, -0.2) is 36.8 Å². The minimum absolute atomic E-state index is 0.181. The third-order valence-electron chi connectivity index (χ3n) is 3.46. The molecule has 1 saturated heterocycles. The number of aryl methyl sites for hydroxylation is 1. The molecule has 0 spiro atoms. The largest absolute Gasteiger partial charge is 0.312 e. The average molecular weight is 257 g/mol. The number of sulfone groups is 1. The van der Waals surface area contributed by atoms with Crippen LogP contribution in [-0.2, 0) is 16.9 Å². The van der Waals surface area contributed by atoms with Crippen molar-refractivity contribution in [2.45, 2.75) is 18.9 Å². The zero-order valence-electron chi connectivity index (χ0n) is 10.3. The molecule has 1 aliphatic heterocycles. The Labute approximate surface area is 102 Å². The van der Waals surface area contributed by atoms with Crippen LogP contribution in [0.15, 0.2) is 12.3 Å². The highest BCUT2D eigenvalue weighted by Crippen LogP contribution is 2.28. The van der Waals surface area contributed by atoms with Gasteiger partial charge in [0, 0.05) is 19.3 Å². The van der Waals surface area contributed by atoms with Crippen LogP contribution >= 0.6 is 0 Å². The van der Waals surface area contributed by atoms with Crippen LogP contribution in [0.1, 0.15) is 24.6 Å². The molecule has 1 aromatic heterocycles. The number of hydrogen-bond donors (Lipinski definition) is 1. The predicted molar refractivity (Wildman–Crippen MR) is 66.4 cm³/mol. The zero-order valence-corrected chi connectivity index (χ0v) is 11.1. The van der Waals surface area contributed by atoms with Crippen molar-refractivity contribution in [1.82, 2.24) is 15.1 Å². The fourth-order valence-electron chi connectivity index (χ4n) is 2.50. The van der Waals surface area contributed by atoms with Gasteiger partial charge in [0.2, 0.25) is 0 Å². The molecule has 0 radical (unpaired) electrons. The molecule has 2 atom stereocenters. The monoisotopic (exact) mass is 257 g/mol. The highest BCUT2D eigenvalue weighted by atomic mass is 32.2. The van der Waals surface area contributed by atoms with Crippen LogP contribution in [0.5, 0.6) is 0 Å². The summed E-state index contributed by atoms with van der Waals surface area (Å²) in [6.07, 6.45) is 3.42. The van der Waals surface area contributed by atoms with Crippen molar-refractivity contribution >= 4 is 9.84 Å². The Morgan fingerprint density at radius 1 is 1.65 bits per heavy atom. The Bertz CT molecular complexity index is 481. The van der Waals surface area contributed by atoms with E-state index in [0.29, 0.717) is 11.5 Å². The van der Waals surface area contributed by atoms with E-state index in [1.54, 1.807) is 6.20 Å². The van der Waals surface area contributed by atoms with Crippen molar-refractivity contribution in [2.24, 2.45) is 13.0 Å². The summed E-state index contributed by atoms with van der Waals surface area (Å²) in [5.41, 5.74) is 1.11. The topological polar surface area (TPSA) is 64.0 Å². The predicted octanol–water partition coefficient (Wildman–Crippen LogP) is 0.505. The van der Waals surface area contributed by atoms with Crippen LogP contribution < -0.4 is 5.32 Å². The van der Waals surface area contributed by atoms with Crippen LogP contribution in [0.4, 0.5) is 0 Å². The summed E-state index contributed by atoms with van der Waals surface area (Å²) in [4.78, 5) is 0. The highest BCUT2D eigenvalue weighted by molar-refractivity contribution is 7.91. The van der Waals surface area contributed by atoms with Gasteiger partial charge in [-0.05, 0) is 31.9 Å². The molecule has 5 nitrogen and oxygen atoms in total. The van der Waals surface area contributed by atoms with Gasteiger partial charge >= 0.3 is 0 Å². The lowest BCUT2D eigenvalue weighted by Crippen LogP contribution is -2.22. The Morgan fingerprint density at radius 2 is 2.41 bits per heavy atom. The molecule has 17 heavy (non-hydrogen) atoms. The van der Waals surface area contributed by atoms with Crippen molar-refractivity contribution in [1.29, 1.82) is 0 Å². The van der Waals surface area contributed by atoms with Gasteiger partial charge in [-0.3, -0.25) is 4.68 Å². The van der Waals surface area contributed by atoms with Crippen LogP contribution in [0.3, 0.4) is 0 Å². The molecule has 0 saturated carbocycles. The average Bonchev–Trinajstić information content (AvgIpc) is 2.81. The number of aromatic nitrogens is 2. The molecule has 2 rings (SSSR count). The number of hydrogen-bond acceptors (Lipinski definition) is 4. The van der Waals surface area contributed by atoms with Gasteiger partial charge in [0.1, 0.15) is 0 Å². The van der Waals surface area contributed by atoms with Crippen molar-refractivity contribution < 1.29 is 8.42 Å².